The van der Waals surface area contributed by atoms with Crippen molar-refractivity contribution in [1.82, 2.24) is 4.98 Å². The molecule has 0 radical (unpaired) electrons. The molecule has 2 unspecified atom stereocenters. The molecular weight excluding hydrogens is 236 g/mol. The monoisotopic (exact) mass is 254 g/mol. The summed E-state index contributed by atoms with van der Waals surface area (Å²) in [6.07, 6.45) is 1.87. The van der Waals surface area contributed by atoms with E-state index in [0.29, 0.717) is 19.2 Å². The second-order valence-electron chi connectivity index (χ2n) is 4.47. The van der Waals surface area contributed by atoms with Gasteiger partial charge in [0.25, 0.3) is 6.01 Å². The Labute approximate surface area is 106 Å². The molecule has 0 aromatic carbocycles. The molecule has 1 aromatic rings. The van der Waals surface area contributed by atoms with Gasteiger partial charge in [-0.05, 0) is 20.3 Å². The number of oxazole rings is 1. The number of hydrogen-bond acceptors (Lipinski definition) is 6. The summed E-state index contributed by atoms with van der Waals surface area (Å²) < 4.78 is 10.1. The number of ether oxygens (including phenoxy) is 1. The SMILES string of the molecule is CCOC(=O)c1coc(N2CCC(C(C)O)C2)n1. The van der Waals surface area contributed by atoms with Crippen LogP contribution < -0.4 is 4.90 Å². The summed E-state index contributed by atoms with van der Waals surface area (Å²) in [5.74, 6) is -0.248. The van der Waals surface area contributed by atoms with Crippen LogP contribution in [0.3, 0.4) is 0 Å². The number of aliphatic hydroxyl groups is 1. The Morgan fingerprint density at radius 1 is 1.78 bits per heavy atom. The lowest BCUT2D eigenvalue weighted by molar-refractivity contribution is 0.0519. The van der Waals surface area contributed by atoms with Gasteiger partial charge in [-0.2, -0.15) is 4.98 Å². The summed E-state index contributed by atoms with van der Waals surface area (Å²) >= 11 is 0. The second kappa shape index (κ2) is 5.39. The van der Waals surface area contributed by atoms with Crippen molar-refractivity contribution in [3.05, 3.63) is 12.0 Å². The largest absolute Gasteiger partial charge is 0.461 e. The van der Waals surface area contributed by atoms with Crippen LogP contribution in [0.5, 0.6) is 0 Å². The van der Waals surface area contributed by atoms with Gasteiger partial charge in [0.2, 0.25) is 0 Å². The molecule has 6 heteroatoms. The van der Waals surface area contributed by atoms with Gasteiger partial charge in [0.05, 0.1) is 12.7 Å². The zero-order valence-corrected chi connectivity index (χ0v) is 10.6. The quantitative estimate of drug-likeness (QED) is 0.810. The molecule has 0 bridgehead atoms. The van der Waals surface area contributed by atoms with Gasteiger partial charge in [-0.3, -0.25) is 0 Å². The number of nitrogens with zero attached hydrogens (tertiary/aromatic N) is 2. The van der Waals surface area contributed by atoms with Crippen LogP contribution in [-0.4, -0.2) is 41.9 Å². The predicted molar refractivity (Wildman–Crippen MR) is 64.5 cm³/mol. The van der Waals surface area contributed by atoms with Crippen molar-refractivity contribution < 1.29 is 19.1 Å². The van der Waals surface area contributed by atoms with E-state index < -0.39 is 5.97 Å². The van der Waals surface area contributed by atoms with E-state index in [9.17, 15) is 9.90 Å². The molecule has 0 saturated carbocycles. The van der Waals surface area contributed by atoms with E-state index in [2.05, 4.69) is 4.98 Å². The van der Waals surface area contributed by atoms with E-state index in [1.54, 1.807) is 13.8 Å². The lowest BCUT2D eigenvalue weighted by atomic mass is 10.0. The van der Waals surface area contributed by atoms with Crippen molar-refractivity contribution in [3.63, 3.8) is 0 Å². The number of carbonyl (C=O) groups is 1. The zero-order valence-electron chi connectivity index (χ0n) is 10.6. The Bertz CT molecular complexity index is 416. The number of rotatable bonds is 4. The van der Waals surface area contributed by atoms with Crippen LogP contribution in [0.4, 0.5) is 6.01 Å². The maximum absolute atomic E-state index is 11.4. The van der Waals surface area contributed by atoms with Crippen molar-refractivity contribution in [2.24, 2.45) is 5.92 Å². The summed E-state index contributed by atoms with van der Waals surface area (Å²) in [5, 5.41) is 9.53. The fraction of sp³-hybridized carbons (Fsp3) is 0.667. The molecule has 6 nitrogen and oxygen atoms in total. The van der Waals surface area contributed by atoms with Crippen LogP contribution in [0.25, 0.3) is 0 Å². The summed E-state index contributed by atoms with van der Waals surface area (Å²) in [7, 11) is 0. The highest BCUT2D eigenvalue weighted by Crippen LogP contribution is 2.25. The molecule has 1 saturated heterocycles. The van der Waals surface area contributed by atoms with Crippen LogP contribution in [0.1, 0.15) is 30.8 Å². The van der Waals surface area contributed by atoms with Crippen LogP contribution >= 0.6 is 0 Å². The molecule has 1 fully saturated rings. The molecule has 1 N–H and O–H groups in total. The summed E-state index contributed by atoms with van der Waals surface area (Å²) in [6, 6.07) is 0.418. The van der Waals surface area contributed by atoms with Gasteiger partial charge in [-0.15, -0.1) is 0 Å². The van der Waals surface area contributed by atoms with E-state index in [1.807, 2.05) is 4.90 Å². The topological polar surface area (TPSA) is 75.8 Å². The summed E-state index contributed by atoms with van der Waals surface area (Å²) in [4.78, 5) is 17.5. The lowest BCUT2D eigenvalue weighted by Crippen LogP contribution is -2.24. The van der Waals surface area contributed by atoms with Gasteiger partial charge in [0.15, 0.2) is 5.69 Å². The van der Waals surface area contributed by atoms with E-state index in [4.69, 9.17) is 9.15 Å². The minimum atomic E-state index is -0.473. The molecule has 2 atom stereocenters. The first kappa shape index (κ1) is 12.9. The second-order valence-corrected chi connectivity index (χ2v) is 4.47. The van der Waals surface area contributed by atoms with Gasteiger partial charge >= 0.3 is 5.97 Å². The number of anilines is 1. The molecule has 1 aliphatic heterocycles. The Morgan fingerprint density at radius 3 is 3.17 bits per heavy atom. The highest BCUT2D eigenvalue weighted by molar-refractivity contribution is 5.87. The molecule has 100 valence electrons. The fourth-order valence-corrected chi connectivity index (χ4v) is 2.06. The normalized spacial score (nSPS) is 21.1. The summed E-state index contributed by atoms with van der Waals surface area (Å²) in [5.41, 5.74) is 0.187. The first-order valence-corrected chi connectivity index (χ1v) is 6.17. The van der Waals surface area contributed by atoms with Crippen molar-refractivity contribution in [1.29, 1.82) is 0 Å². The third kappa shape index (κ3) is 2.64. The zero-order chi connectivity index (χ0) is 13.1. The highest BCUT2D eigenvalue weighted by Gasteiger charge is 2.29. The maximum atomic E-state index is 11.4. The van der Waals surface area contributed by atoms with Gasteiger partial charge in [0, 0.05) is 19.0 Å². The van der Waals surface area contributed by atoms with E-state index >= 15 is 0 Å². The van der Waals surface area contributed by atoms with Crippen LogP contribution in [-0.2, 0) is 4.74 Å². The predicted octanol–water partition coefficient (Wildman–Crippen LogP) is 1.06. The molecule has 0 aliphatic carbocycles. The number of aliphatic hydroxyl groups excluding tert-OH is 1. The standard InChI is InChI=1S/C12H18N2O4/c1-3-17-11(16)10-7-18-12(13-10)14-5-4-9(6-14)8(2)15/h7-9,15H,3-6H2,1-2H3. The molecule has 0 spiro atoms. The van der Waals surface area contributed by atoms with Gasteiger partial charge < -0.3 is 19.2 Å². The van der Waals surface area contributed by atoms with Crippen molar-refractivity contribution in [3.8, 4) is 0 Å². The minimum absolute atomic E-state index is 0.187. The Balaban J connectivity index is 2.01. The molecule has 2 rings (SSSR count). The van der Waals surface area contributed by atoms with Gasteiger partial charge in [-0.1, -0.05) is 0 Å². The Hall–Kier alpha value is -1.56. The van der Waals surface area contributed by atoms with E-state index in [1.165, 1.54) is 6.26 Å². The average molecular weight is 254 g/mol. The minimum Gasteiger partial charge on any atom is -0.461 e. The summed E-state index contributed by atoms with van der Waals surface area (Å²) in [6.45, 7) is 5.31. The van der Waals surface area contributed by atoms with Crippen LogP contribution in [0.15, 0.2) is 10.7 Å². The van der Waals surface area contributed by atoms with E-state index in [-0.39, 0.29) is 17.7 Å². The van der Waals surface area contributed by atoms with Crippen LogP contribution in [0.2, 0.25) is 0 Å². The molecule has 2 heterocycles. The smallest absolute Gasteiger partial charge is 0.360 e. The Kier molecular flexibility index (Phi) is 3.86. The van der Waals surface area contributed by atoms with Gasteiger partial charge in [0.1, 0.15) is 6.26 Å². The third-order valence-corrected chi connectivity index (χ3v) is 3.15. The molecule has 1 aromatic heterocycles. The molecule has 18 heavy (non-hydrogen) atoms. The molecule has 1 aliphatic rings. The first-order valence-electron chi connectivity index (χ1n) is 6.17. The maximum Gasteiger partial charge on any atom is 0.360 e. The van der Waals surface area contributed by atoms with Crippen molar-refractivity contribution in [2.75, 3.05) is 24.6 Å². The van der Waals surface area contributed by atoms with Gasteiger partial charge in [-0.25, -0.2) is 4.79 Å². The number of aromatic nitrogens is 1. The third-order valence-electron chi connectivity index (χ3n) is 3.15. The van der Waals surface area contributed by atoms with Crippen LogP contribution in [0, 0.1) is 5.92 Å². The van der Waals surface area contributed by atoms with E-state index in [0.717, 1.165) is 13.0 Å². The van der Waals surface area contributed by atoms with Crippen molar-refractivity contribution >= 4 is 12.0 Å². The first-order chi connectivity index (χ1) is 8.61. The molecule has 0 amide bonds. The number of hydrogen-bond donors (Lipinski definition) is 1. The Morgan fingerprint density at radius 2 is 2.56 bits per heavy atom. The number of esters is 1. The highest BCUT2D eigenvalue weighted by atomic mass is 16.5. The fourth-order valence-electron chi connectivity index (χ4n) is 2.06. The van der Waals surface area contributed by atoms with Crippen molar-refractivity contribution in [2.45, 2.75) is 26.4 Å². The average Bonchev–Trinajstić information content (AvgIpc) is 2.98. The molecular formula is C12H18N2O4. The number of carbonyl (C=O) groups excluding carboxylic acids is 1. The lowest BCUT2D eigenvalue weighted by Gasteiger charge is -2.15.